The van der Waals surface area contributed by atoms with E-state index in [9.17, 15) is 0 Å². The van der Waals surface area contributed by atoms with Gasteiger partial charge in [0.05, 0.1) is 11.8 Å². The van der Waals surface area contributed by atoms with Gasteiger partial charge in [-0.05, 0) is 105 Å². The first-order valence-corrected chi connectivity index (χ1v) is 14.6. The summed E-state index contributed by atoms with van der Waals surface area (Å²) in [5.74, 6) is 9.85. The van der Waals surface area contributed by atoms with Crippen molar-refractivity contribution in [3.8, 4) is 12.3 Å². The lowest BCUT2D eigenvalue weighted by atomic mass is 9.44. The topological polar surface area (TPSA) is 17.8 Å². The lowest BCUT2D eigenvalue weighted by molar-refractivity contribution is -0.112. The van der Waals surface area contributed by atoms with E-state index in [0.717, 1.165) is 53.5 Å². The molecule has 4 fully saturated rings. The highest BCUT2D eigenvalue weighted by Crippen LogP contribution is 2.63. The molecule has 5 rings (SSSR count). The molecule has 0 aromatic carbocycles. The van der Waals surface area contributed by atoms with Crippen LogP contribution in [-0.4, -0.2) is 9.78 Å². The first-order chi connectivity index (χ1) is 16.1. The number of aromatic nitrogens is 2. The van der Waals surface area contributed by atoms with Gasteiger partial charge in [-0.15, -0.1) is 6.42 Å². The largest absolute Gasteiger partial charge is 0.271 e. The van der Waals surface area contributed by atoms with Gasteiger partial charge in [0.25, 0.3) is 0 Å². The van der Waals surface area contributed by atoms with E-state index in [0.29, 0.717) is 5.41 Å². The van der Waals surface area contributed by atoms with Gasteiger partial charge in [-0.3, -0.25) is 4.68 Å². The molecule has 1 aromatic rings. The molecule has 1 heterocycles. The summed E-state index contributed by atoms with van der Waals surface area (Å²) < 4.78 is 2.09. The van der Waals surface area contributed by atoms with Crippen LogP contribution in [0.1, 0.15) is 124 Å². The lowest BCUT2D eigenvalue weighted by Crippen LogP contribution is -2.52. The summed E-state index contributed by atoms with van der Waals surface area (Å²) in [6.07, 6.45) is 28.7. The van der Waals surface area contributed by atoms with Crippen LogP contribution in [0.3, 0.4) is 0 Å². The second kappa shape index (κ2) is 12.1. The third-order valence-electron chi connectivity index (χ3n) is 10.7. The molecule has 0 N–H and O–H groups in total. The Bertz CT molecular complexity index is 787. The number of rotatable bonds is 5. The third kappa shape index (κ3) is 5.29. The average molecular weight is 467 g/mol. The number of nitrogens with zero attached hydrogens (tertiary/aromatic N) is 2. The SMILES string of the molecule is C.C#Cc1cnn(CCC2CCCC3C4CCC5CC(CCC)CCC5C4CCC23C)c1.CC. The minimum atomic E-state index is 0. The first-order valence-electron chi connectivity index (χ1n) is 14.6. The normalized spacial score (nSPS) is 38.6. The summed E-state index contributed by atoms with van der Waals surface area (Å²) in [5, 5.41) is 4.50. The maximum atomic E-state index is 5.54. The van der Waals surface area contributed by atoms with E-state index < -0.39 is 0 Å². The van der Waals surface area contributed by atoms with Gasteiger partial charge in [0.15, 0.2) is 0 Å². The highest BCUT2D eigenvalue weighted by molar-refractivity contribution is 5.26. The van der Waals surface area contributed by atoms with Crippen LogP contribution in [0.25, 0.3) is 0 Å². The van der Waals surface area contributed by atoms with E-state index in [4.69, 9.17) is 6.42 Å². The molecular formula is C32H54N2. The second-order valence-corrected chi connectivity index (χ2v) is 12.0. The van der Waals surface area contributed by atoms with Gasteiger partial charge in [-0.1, -0.05) is 66.7 Å². The number of aryl methyl sites for hydroxylation is 1. The van der Waals surface area contributed by atoms with Crippen LogP contribution in [0.15, 0.2) is 12.4 Å². The highest BCUT2D eigenvalue weighted by atomic mass is 15.3. The Morgan fingerprint density at radius 3 is 2.56 bits per heavy atom. The third-order valence-corrected chi connectivity index (χ3v) is 10.7. The Morgan fingerprint density at radius 1 is 1.03 bits per heavy atom. The van der Waals surface area contributed by atoms with Crippen molar-refractivity contribution in [2.45, 2.75) is 125 Å². The van der Waals surface area contributed by atoms with Gasteiger partial charge < -0.3 is 0 Å². The molecule has 8 atom stereocenters. The maximum absolute atomic E-state index is 5.54. The van der Waals surface area contributed by atoms with Crippen LogP contribution in [0.4, 0.5) is 0 Å². The zero-order valence-corrected chi connectivity index (χ0v) is 22.1. The van der Waals surface area contributed by atoms with Crippen molar-refractivity contribution in [1.82, 2.24) is 9.78 Å². The fourth-order valence-corrected chi connectivity index (χ4v) is 9.26. The zero-order valence-electron chi connectivity index (χ0n) is 22.1. The van der Waals surface area contributed by atoms with Crippen LogP contribution in [-0.2, 0) is 6.54 Å². The van der Waals surface area contributed by atoms with Gasteiger partial charge in [0, 0.05) is 12.7 Å². The van der Waals surface area contributed by atoms with E-state index in [1.165, 1.54) is 57.8 Å². The smallest absolute Gasteiger partial charge is 0.0646 e. The van der Waals surface area contributed by atoms with Crippen LogP contribution >= 0.6 is 0 Å². The zero-order chi connectivity index (χ0) is 23.4. The number of hydrogen-bond acceptors (Lipinski definition) is 1. The molecule has 0 radical (unpaired) electrons. The van der Waals surface area contributed by atoms with Crippen LogP contribution in [0.5, 0.6) is 0 Å². The highest BCUT2D eigenvalue weighted by Gasteiger charge is 2.55. The van der Waals surface area contributed by atoms with E-state index in [1.54, 1.807) is 25.7 Å². The molecule has 0 bridgehead atoms. The molecule has 8 unspecified atom stereocenters. The minimum Gasteiger partial charge on any atom is -0.271 e. The Balaban J connectivity index is 0.00000105. The van der Waals surface area contributed by atoms with Gasteiger partial charge in [-0.25, -0.2) is 0 Å². The predicted octanol–water partition coefficient (Wildman–Crippen LogP) is 8.99. The van der Waals surface area contributed by atoms with E-state index in [-0.39, 0.29) is 7.43 Å². The monoisotopic (exact) mass is 466 g/mol. The standard InChI is InChI=1S/C29H44N2.C2H6.CH4/c1-4-7-22-10-12-25-23(18-22)11-13-27-26(25)14-16-29(3)24(8-6-9-28(27)29)15-17-31-20-21(5-2)19-30-31;1-2;/h2,19-20,22-28H,4,6-18H2,1,3H3;1-2H3;1H4. The second-order valence-electron chi connectivity index (χ2n) is 12.0. The van der Waals surface area contributed by atoms with Crippen molar-refractivity contribution in [2.24, 2.45) is 46.8 Å². The average Bonchev–Trinajstić information content (AvgIpc) is 3.31. The molecule has 1 aromatic heterocycles. The summed E-state index contributed by atoms with van der Waals surface area (Å²) in [6, 6.07) is 0. The Hall–Kier alpha value is -1.23. The van der Waals surface area contributed by atoms with Crippen molar-refractivity contribution in [3.05, 3.63) is 18.0 Å². The van der Waals surface area contributed by atoms with Crippen molar-refractivity contribution in [2.75, 3.05) is 0 Å². The van der Waals surface area contributed by atoms with E-state index >= 15 is 0 Å². The Morgan fingerprint density at radius 2 is 1.82 bits per heavy atom. The Labute approximate surface area is 212 Å². The Kier molecular flexibility index (Phi) is 9.77. The molecule has 4 aliphatic carbocycles. The molecule has 0 amide bonds. The van der Waals surface area contributed by atoms with Crippen LogP contribution < -0.4 is 0 Å². The molecular weight excluding hydrogens is 412 g/mol. The molecule has 0 aliphatic heterocycles. The fourth-order valence-electron chi connectivity index (χ4n) is 9.26. The lowest BCUT2D eigenvalue weighted by Gasteiger charge is -2.61. The van der Waals surface area contributed by atoms with Crippen LogP contribution in [0.2, 0.25) is 0 Å². The van der Waals surface area contributed by atoms with Gasteiger partial charge in [0.2, 0.25) is 0 Å². The molecule has 4 saturated carbocycles. The van der Waals surface area contributed by atoms with Gasteiger partial charge in [-0.2, -0.15) is 5.10 Å². The molecule has 0 spiro atoms. The fraction of sp³-hybridized carbons (Fsp3) is 0.844. The summed E-state index contributed by atoms with van der Waals surface area (Å²) >= 11 is 0. The summed E-state index contributed by atoms with van der Waals surface area (Å²) in [4.78, 5) is 0. The summed E-state index contributed by atoms with van der Waals surface area (Å²) in [6.45, 7) is 10.1. The number of terminal acetylenes is 1. The van der Waals surface area contributed by atoms with E-state index in [2.05, 4.69) is 35.7 Å². The molecule has 34 heavy (non-hydrogen) atoms. The van der Waals surface area contributed by atoms with Crippen LogP contribution in [0, 0.1) is 59.2 Å². The molecule has 2 nitrogen and oxygen atoms in total. The molecule has 0 saturated heterocycles. The van der Waals surface area contributed by atoms with Crippen molar-refractivity contribution >= 4 is 0 Å². The minimum absolute atomic E-state index is 0. The maximum Gasteiger partial charge on any atom is 0.0646 e. The van der Waals surface area contributed by atoms with Gasteiger partial charge >= 0.3 is 0 Å². The van der Waals surface area contributed by atoms with E-state index in [1.807, 2.05) is 20.0 Å². The number of hydrogen-bond donors (Lipinski definition) is 0. The van der Waals surface area contributed by atoms with Crippen molar-refractivity contribution < 1.29 is 0 Å². The van der Waals surface area contributed by atoms with Crippen molar-refractivity contribution in [3.63, 3.8) is 0 Å². The van der Waals surface area contributed by atoms with Crippen molar-refractivity contribution in [1.29, 1.82) is 0 Å². The molecule has 2 heteroatoms. The first kappa shape index (κ1) is 27.4. The molecule has 4 aliphatic rings. The van der Waals surface area contributed by atoms with Gasteiger partial charge in [0.1, 0.15) is 0 Å². The summed E-state index contributed by atoms with van der Waals surface area (Å²) in [7, 11) is 0. The quantitative estimate of drug-likeness (QED) is 0.396. The summed E-state index contributed by atoms with van der Waals surface area (Å²) in [5.41, 5.74) is 1.48. The predicted molar refractivity (Wildman–Crippen MR) is 146 cm³/mol. The molecule has 192 valence electrons. The number of fused-ring (bicyclic) bond motifs is 5.